The molecule has 2 aromatic heterocycles. The Kier molecular flexibility index (Phi) is 8.78. The van der Waals surface area contributed by atoms with Crippen LogP contribution >= 0.6 is 0 Å². The third-order valence-corrected chi connectivity index (χ3v) is 8.59. The van der Waals surface area contributed by atoms with E-state index >= 15 is 0 Å². The Morgan fingerprint density at radius 1 is 1.02 bits per heavy atom. The summed E-state index contributed by atoms with van der Waals surface area (Å²) in [5, 5.41) is 4.08. The SMILES string of the molecule is CCc1ccc(N[C@H](C)c2cc(C)cc3c(=O)n(C)c(C4=CC(=O)C(C(C)c5cnc(C)nc5)CN=C4)cc23)c(C(F)(F)F)c1. The standard InChI is InChI=1S/C35H36F3N5O2/c1-7-23-8-9-31(30(12-23)35(36,37)38)42-21(4)26-10-19(2)11-28-27(26)14-32(43(6)34(28)45)24-13-33(44)29(18-39-15-24)20(3)25-16-40-22(5)41-17-25/h8-17,20-21,29,42H,7,18H2,1-6H3/t20?,21-,29?/m1/s1. The third kappa shape index (κ3) is 6.45. The number of aromatic nitrogens is 3. The predicted molar refractivity (Wildman–Crippen MR) is 172 cm³/mol. The molecule has 1 aliphatic heterocycles. The van der Waals surface area contributed by atoms with E-state index in [0.29, 0.717) is 45.4 Å². The van der Waals surface area contributed by atoms with Crippen LogP contribution in [0.25, 0.3) is 16.3 Å². The fourth-order valence-electron chi connectivity index (χ4n) is 5.87. The van der Waals surface area contributed by atoms with Gasteiger partial charge in [-0.2, -0.15) is 13.2 Å². The van der Waals surface area contributed by atoms with Crippen molar-refractivity contribution in [3.63, 3.8) is 0 Å². The highest BCUT2D eigenvalue weighted by molar-refractivity contribution is 6.17. The van der Waals surface area contributed by atoms with Gasteiger partial charge in [-0.05, 0) is 91.1 Å². The number of fused-ring (bicyclic) bond motifs is 1. The monoisotopic (exact) mass is 615 g/mol. The second-order valence-corrected chi connectivity index (χ2v) is 11.8. The van der Waals surface area contributed by atoms with Crippen molar-refractivity contribution in [1.29, 1.82) is 0 Å². The maximum atomic E-state index is 14.0. The minimum Gasteiger partial charge on any atom is -0.378 e. The number of aliphatic imine (C=N–C) groups is 1. The molecule has 234 valence electrons. The fraction of sp³-hybridized carbons (Fsp3) is 0.343. The second-order valence-electron chi connectivity index (χ2n) is 11.8. The van der Waals surface area contributed by atoms with Crippen LogP contribution in [0.1, 0.15) is 72.1 Å². The van der Waals surface area contributed by atoms with Crippen molar-refractivity contribution in [2.45, 2.75) is 59.2 Å². The molecule has 4 aromatic rings. The van der Waals surface area contributed by atoms with Crippen LogP contribution in [0.3, 0.4) is 0 Å². The average molecular weight is 616 g/mol. The molecule has 2 aromatic carbocycles. The number of alkyl halides is 3. The Labute approximate surface area is 260 Å². The first kappa shape index (κ1) is 31.8. The number of hydrogen-bond donors (Lipinski definition) is 1. The molecule has 0 radical (unpaired) electrons. The van der Waals surface area contributed by atoms with Crippen molar-refractivity contribution in [2.75, 3.05) is 11.9 Å². The van der Waals surface area contributed by atoms with Crippen molar-refractivity contribution >= 4 is 34.0 Å². The van der Waals surface area contributed by atoms with Gasteiger partial charge in [0.05, 0.1) is 11.3 Å². The lowest BCUT2D eigenvalue weighted by Gasteiger charge is -2.23. The van der Waals surface area contributed by atoms with Crippen LogP contribution in [-0.2, 0) is 24.4 Å². The number of nitrogens with zero attached hydrogens (tertiary/aromatic N) is 4. The maximum Gasteiger partial charge on any atom is 0.418 e. The number of halogens is 3. The van der Waals surface area contributed by atoms with Gasteiger partial charge in [-0.3, -0.25) is 14.6 Å². The molecule has 45 heavy (non-hydrogen) atoms. The van der Waals surface area contributed by atoms with Crippen molar-refractivity contribution in [2.24, 2.45) is 18.0 Å². The number of aryl methyl sites for hydroxylation is 3. The lowest BCUT2D eigenvalue weighted by molar-refractivity contribution is -0.137. The lowest BCUT2D eigenvalue weighted by atomic mass is 9.85. The molecule has 7 nitrogen and oxygen atoms in total. The molecule has 0 fully saturated rings. The Hall–Kier alpha value is -4.60. The van der Waals surface area contributed by atoms with Gasteiger partial charge in [-0.25, -0.2) is 9.97 Å². The highest BCUT2D eigenvalue weighted by atomic mass is 19.4. The Balaban J connectivity index is 1.56. The molecule has 0 bridgehead atoms. The van der Waals surface area contributed by atoms with Gasteiger partial charge in [0.2, 0.25) is 0 Å². The van der Waals surface area contributed by atoms with E-state index in [-0.39, 0.29) is 29.5 Å². The number of rotatable bonds is 7. The number of carbonyl (C=O) groups excluding carboxylic acids is 1. The molecule has 3 atom stereocenters. The molecular weight excluding hydrogens is 579 g/mol. The first-order chi connectivity index (χ1) is 21.3. The molecule has 3 heterocycles. The first-order valence-corrected chi connectivity index (χ1v) is 14.9. The topological polar surface area (TPSA) is 89.2 Å². The van der Waals surface area contributed by atoms with Gasteiger partial charge in [0.1, 0.15) is 5.82 Å². The summed E-state index contributed by atoms with van der Waals surface area (Å²) in [6.07, 6.45) is 2.52. The third-order valence-electron chi connectivity index (χ3n) is 8.59. The van der Waals surface area contributed by atoms with Crippen molar-refractivity contribution in [3.05, 3.63) is 105 Å². The largest absolute Gasteiger partial charge is 0.418 e. The van der Waals surface area contributed by atoms with E-state index in [2.05, 4.69) is 20.3 Å². The molecule has 10 heteroatoms. The normalized spacial score (nSPS) is 16.8. The molecule has 0 saturated heterocycles. The number of nitrogens with one attached hydrogen (secondary N) is 1. The smallest absolute Gasteiger partial charge is 0.378 e. The van der Waals surface area contributed by atoms with Crippen LogP contribution in [-0.4, -0.2) is 33.1 Å². The first-order valence-electron chi connectivity index (χ1n) is 14.9. The van der Waals surface area contributed by atoms with E-state index in [0.717, 1.165) is 11.1 Å². The van der Waals surface area contributed by atoms with Crippen molar-refractivity contribution in [1.82, 2.24) is 14.5 Å². The van der Waals surface area contributed by atoms with Crippen LogP contribution in [0.2, 0.25) is 0 Å². The molecule has 2 unspecified atom stereocenters. The number of benzene rings is 2. The van der Waals surface area contributed by atoms with Gasteiger partial charge in [0.15, 0.2) is 5.78 Å². The number of ketones is 1. The van der Waals surface area contributed by atoms with E-state index in [1.165, 1.54) is 22.8 Å². The van der Waals surface area contributed by atoms with Gasteiger partial charge in [-0.1, -0.05) is 26.0 Å². The van der Waals surface area contributed by atoms with Crippen LogP contribution < -0.4 is 10.9 Å². The lowest BCUT2D eigenvalue weighted by Crippen LogP contribution is -2.23. The zero-order valence-electron chi connectivity index (χ0n) is 26.2. The second kappa shape index (κ2) is 12.4. The van der Waals surface area contributed by atoms with E-state index in [4.69, 9.17) is 0 Å². The van der Waals surface area contributed by atoms with E-state index in [1.54, 1.807) is 51.6 Å². The molecule has 0 saturated carbocycles. The number of anilines is 1. The van der Waals surface area contributed by atoms with Crippen molar-refractivity contribution < 1.29 is 18.0 Å². The molecule has 0 aliphatic carbocycles. The van der Waals surface area contributed by atoms with E-state index in [1.807, 2.05) is 32.9 Å². The quantitative estimate of drug-likeness (QED) is 0.238. The van der Waals surface area contributed by atoms with Crippen molar-refractivity contribution in [3.8, 4) is 0 Å². The summed E-state index contributed by atoms with van der Waals surface area (Å²) in [4.78, 5) is 40.3. The van der Waals surface area contributed by atoms with E-state index < -0.39 is 23.7 Å². The molecule has 1 aliphatic rings. The van der Waals surface area contributed by atoms with Crippen LogP contribution in [0, 0.1) is 19.8 Å². The molecule has 0 amide bonds. The number of allylic oxidation sites excluding steroid dienone is 2. The molecular formula is C35H36F3N5O2. The van der Waals surface area contributed by atoms with Gasteiger partial charge in [-0.15, -0.1) is 0 Å². The molecule has 0 spiro atoms. The highest BCUT2D eigenvalue weighted by Crippen LogP contribution is 2.38. The van der Waals surface area contributed by atoms with Gasteiger partial charge < -0.3 is 9.88 Å². The minimum absolute atomic E-state index is 0.0331. The Bertz CT molecular complexity index is 1890. The maximum absolute atomic E-state index is 14.0. The number of pyridine rings is 1. The summed E-state index contributed by atoms with van der Waals surface area (Å²) in [6.45, 7) is 9.43. The Morgan fingerprint density at radius 3 is 2.40 bits per heavy atom. The Morgan fingerprint density at radius 2 is 1.73 bits per heavy atom. The van der Waals surface area contributed by atoms with E-state index in [9.17, 15) is 22.8 Å². The molecule has 5 rings (SSSR count). The fourth-order valence-corrected chi connectivity index (χ4v) is 5.87. The number of carbonyl (C=O) groups is 1. The number of hydrogen-bond acceptors (Lipinski definition) is 6. The summed E-state index contributed by atoms with van der Waals surface area (Å²) >= 11 is 0. The van der Waals surface area contributed by atoms with Crippen LogP contribution in [0.5, 0.6) is 0 Å². The summed E-state index contributed by atoms with van der Waals surface area (Å²) in [6, 6.07) is 9.20. The van der Waals surface area contributed by atoms with Crippen LogP contribution in [0.4, 0.5) is 18.9 Å². The molecule has 1 N–H and O–H groups in total. The summed E-state index contributed by atoms with van der Waals surface area (Å²) in [7, 11) is 1.64. The average Bonchev–Trinajstić information content (AvgIpc) is 3.19. The van der Waals surface area contributed by atoms with Gasteiger partial charge in [0, 0.05) is 60.8 Å². The predicted octanol–water partition coefficient (Wildman–Crippen LogP) is 7.16. The highest BCUT2D eigenvalue weighted by Gasteiger charge is 2.34. The zero-order valence-corrected chi connectivity index (χ0v) is 26.2. The zero-order chi connectivity index (χ0) is 32.6. The summed E-state index contributed by atoms with van der Waals surface area (Å²) in [5.74, 6) is -0.102. The summed E-state index contributed by atoms with van der Waals surface area (Å²) < 4.78 is 43.5. The summed E-state index contributed by atoms with van der Waals surface area (Å²) in [5.41, 5.74) is 2.81. The van der Waals surface area contributed by atoms with Crippen LogP contribution in [0.15, 0.2) is 64.7 Å². The van der Waals surface area contributed by atoms with Gasteiger partial charge in [0.25, 0.3) is 5.56 Å². The van der Waals surface area contributed by atoms with Gasteiger partial charge >= 0.3 is 6.18 Å². The minimum atomic E-state index is -4.54.